The molecule has 1 heterocycles. The monoisotopic (exact) mass is 470 g/mol. The number of carbonyl (C=O) groups is 1. The summed E-state index contributed by atoms with van der Waals surface area (Å²) in [7, 11) is 0. The summed E-state index contributed by atoms with van der Waals surface area (Å²) in [6, 6.07) is 17.6. The Labute approximate surface area is 209 Å². The number of nitrogens with zero attached hydrogens (tertiary/aromatic N) is 2. The van der Waals surface area contributed by atoms with Crippen LogP contribution in [-0.4, -0.2) is 28.5 Å². The lowest BCUT2D eigenvalue weighted by atomic mass is 9.65. The maximum atomic E-state index is 12.6. The second-order valence-corrected chi connectivity index (χ2v) is 11.6. The van der Waals surface area contributed by atoms with Gasteiger partial charge in [-0.05, 0) is 85.0 Å². The van der Waals surface area contributed by atoms with Crippen LogP contribution >= 0.6 is 0 Å². The van der Waals surface area contributed by atoms with Gasteiger partial charge in [-0.3, -0.25) is 4.79 Å². The van der Waals surface area contributed by atoms with Crippen LogP contribution in [0.5, 0.6) is 0 Å². The molecule has 1 amide bonds. The second kappa shape index (κ2) is 9.96. The van der Waals surface area contributed by atoms with E-state index in [1.54, 1.807) is 6.33 Å². The van der Waals surface area contributed by atoms with Gasteiger partial charge in [-0.15, -0.1) is 0 Å². The summed E-state index contributed by atoms with van der Waals surface area (Å²) in [4.78, 5) is 21.4. The minimum absolute atomic E-state index is 0.0416. The summed E-state index contributed by atoms with van der Waals surface area (Å²) < 4.78 is 0. The zero-order valence-corrected chi connectivity index (χ0v) is 21.3. The van der Waals surface area contributed by atoms with Crippen molar-refractivity contribution in [3.8, 4) is 0 Å². The van der Waals surface area contributed by atoms with Gasteiger partial charge < -0.3 is 10.6 Å². The van der Waals surface area contributed by atoms with E-state index >= 15 is 0 Å². The summed E-state index contributed by atoms with van der Waals surface area (Å²) in [6.45, 7) is 6.81. The predicted molar refractivity (Wildman–Crippen MR) is 143 cm³/mol. The standard InChI is InChI=1S/C30H38N4O/c1-30(2,3)24-13-14-27-26(17-24)29(33-19-32-27)31-18-28(35)34-25-15-23(16-25)22-11-9-21(10-12-22)20-7-5-4-6-8-20/h4-8,13-14,17,19,21-23,25H,9-12,15-16,18H2,1-3H3,(H,34,35)(H,31,32,33). The van der Waals surface area contributed by atoms with Crippen molar-refractivity contribution in [3.63, 3.8) is 0 Å². The van der Waals surface area contributed by atoms with Gasteiger partial charge in [0.05, 0.1) is 12.1 Å². The molecule has 0 atom stereocenters. The Kier molecular flexibility index (Phi) is 6.77. The Morgan fingerprint density at radius 3 is 2.40 bits per heavy atom. The Bertz CT molecular complexity index is 1160. The smallest absolute Gasteiger partial charge is 0.239 e. The van der Waals surface area contributed by atoms with Crippen molar-refractivity contribution < 1.29 is 4.79 Å². The van der Waals surface area contributed by atoms with Crippen molar-refractivity contribution >= 4 is 22.6 Å². The number of aromatic nitrogens is 2. The molecule has 5 nitrogen and oxygen atoms in total. The average Bonchev–Trinajstić information content (AvgIpc) is 2.84. The number of amides is 1. The molecule has 0 spiro atoms. The number of rotatable bonds is 6. The molecule has 0 saturated heterocycles. The molecular weight excluding hydrogens is 432 g/mol. The zero-order chi connectivity index (χ0) is 24.4. The number of anilines is 1. The molecular formula is C30H38N4O. The molecule has 2 saturated carbocycles. The van der Waals surface area contributed by atoms with Crippen molar-refractivity contribution in [2.75, 3.05) is 11.9 Å². The van der Waals surface area contributed by atoms with Crippen LogP contribution in [0.25, 0.3) is 10.9 Å². The molecule has 1 aromatic heterocycles. The number of carbonyl (C=O) groups excluding carboxylic acids is 1. The first kappa shape index (κ1) is 23.8. The minimum atomic E-state index is 0.0416. The van der Waals surface area contributed by atoms with E-state index in [0.717, 1.165) is 47.3 Å². The first-order valence-electron chi connectivity index (χ1n) is 13.2. The van der Waals surface area contributed by atoms with E-state index in [9.17, 15) is 4.79 Å². The fourth-order valence-electron chi connectivity index (χ4n) is 5.92. The van der Waals surface area contributed by atoms with Crippen molar-refractivity contribution in [1.29, 1.82) is 0 Å². The molecule has 3 aromatic rings. The van der Waals surface area contributed by atoms with E-state index in [2.05, 4.69) is 83.8 Å². The van der Waals surface area contributed by atoms with Gasteiger partial charge >= 0.3 is 0 Å². The van der Waals surface area contributed by atoms with Gasteiger partial charge in [-0.25, -0.2) is 9.97 Å². The molecule has 2 N–H and O–H groups in total. The summed E-state index contributed by atoms with van der Waals surface area (Å²) in [5.74, 6) is 3.08. The summed E-state index contributed by atoms with van der Waals surface area (Å²) in [5.41, 5.74) is 3.66. The molecule has 2 aliphatic rings. The number of hydrogen-bond acceptors (Lipinski definition) is 4. The van der Waals surface area contributed by atoms with Crippen LogP contribution in [0.3, 0.4) is 0 Å². The molecule has 5 heteroatoms. The molecule has 0 unspecified atom stereocenters. The van der Waals surface area contributed by atoms with E-state index in [0.29, 0.717) is 6.04 Å². The highest BCUT2D eigenvalue weighted by Crippen LogP contribution is 2.45. The van der Waals surface area contributed by atoms with E-state index in [4.69, 9.17) is 0 Å². The highest BCUT2D eigenvalue weighted by molar-refractivity contribution is 5.91. The van der Waals surface area contributed by atoms with Gasteiger partial charge in [0, 0.05) is 11.4 Å². The molecule has 0 aliphatic heterocycles. The third-order valence-electron chi connectivity index (χ3n) is 8.17. The Balaban J connectivity index is 1.08. The van der Waals surface area contributed by atoms with Crippen LogP contribution in [-0.2, 0) is 10.2 Å². The lowest BCUT2D eigenvalue weighted by molar-refractivity contribution is -0.121. The number of hydrogen-bond donors (Lipinski definition) is 2. The highest BCUT2D eigenvalue weighted by Gasteiger charge is 2.37. The zero-order valence-electron chi connectivity index (χ0n) is 21.3. The lowest BCUT2D eigenvalue weighted by Gasteiger charge is -2.43. The van der Waals surface area contributed by atoms with Crippen molar-refractivity contribution in [2.45, 2.75) is 76.7 Å². The van der Waals surface area contributed by atoms with E-state index < -0.39 is 0 Å². The normalized spacial score (nSPS) is 24.5. The van der Waals surface area contributed by atoms with Gasteiger partial charge in [-0.2, -0.15) is 0 Å². The van der Waals surface area contributed by atoms with Crippen molar-refractivity contribution in [1.82, 2.24) is 15.3 Å². The molecule has 184 valence electrons. The summed E-state index contributed by atoms with van der Waals surface area (Å²) in [5, 5.41) is 7.44. The van der Waals surface area contributed by atoms with E-state index in [-0.39, 0.29) is 17.9 Å². The third-order valence-corrected chi connectivity index (χ3v) is 8.17. The minimum Gasteiger partial charge on any atom is -0.360 e. The summed E-state index contributed by atoms with van der Waals surface area (Å²) >= 11 is 0. The SMILES string of the molecule is CC(C)(C)c1ccc2ncnc(NCC(=O)NC3CC(C4CCC(c5ccccc5)CC4)C3)c2c1. The maximum absolute atomic E-state index is 12.6. The van der Waals surface area contributed by atoms with Gasteiger partial charge in [0.25, 0.3) is 0 Å². The lowest BCUT2D eigenvalue weighted by Crippen LogP contribution is -2.48. The fourth-order valence-corrected chi connectivity index (χ4v) is 5.92. The van der Waals surface area contributed by atoms with Crippen molar-refractivity contribution in [3.05, 3.63) is 66.0 Å². The molecule has 0 bridgehead atoms. The molecule has 2 aliphatic carbocycles. The van der Waals surface area contributed by atoms with Gasteiger partial charge in [0.1, 0.15) is 12.1 Å². The molecule has 2 fully saturated rings. The second-order valence-electron chi connectivity index (χ2n) is 11.6. The number of benzene rings is 2. The molecule has 2 aromatic carbocycles. The predicted octanol–water partition coefficient (Wildman–Crippen LogP) is 6.21. The highest BCUT2D eigenvalue weighted by atomic mass is 16.2. The van der Waals surface area contributed by atoms with Gasteiger partial charge in [0.2, 0.25) is 5.91 Å². The molecule has 0 radical (unpaired) electrons. The van der Waals surface area contributed by atoms with E-state index in [1.165, 1.54) is 36.8 Å². The first-order chi connectivity index (χ1) is 16.9. The van der Waals surface area contributed by atoms with Crippen molar-refractivity contribution in [2.24, 2.45) is 11.8 Å². The van der Waals surface area contributed by atoms with Crippen LogP contribution in [0.4, 0.5) is 5.82 Å². The van der Waals surface area contributed by atoms with Crippen LogP contribution in [0.1, 0.15) is 76.3 Å². The van der Waals surface area contributed by atoms with Crippen LogP contribution in [0.2, 0.25) is 0 Å². The Morgan fingerprint density at radius 1 is 0.943 bits per heavy atom. The third kappa shape index (κ3) is 5.50. The Hall–Kier alpha value is -2.95. The average molecular weight is 471 g/mol. The van der Waals surface area contributed by atoms with Crippen LogP contribution in [0, 0.1) is 11.8 Å². The van der Waals surface area contributed by atoms with Crippen LogP contribution in [0.15, 0.2) is 54.9 Å². The summed E-state index contributed by atoms with van der Waals surface area (Å²) in [6.07, 6.45) is 9.05. The fraction of sp³-hybridized carbons (Fsp3) is 0.500. The topological polar surface area (TPSA) is 66.9 Å². The van der Waals surface area contributed by atoms with E-state index in [1.807, 2.05) is 6.07 Å². The van der Waals surface area contributed by atoms with Gasteiger partial charge in [0.15, 0.2) is 0 Å². The molecule has 5 rings (SSSR count). The van der Waals surface area contributed by atoms with Crippen LogP contribution < -0.4 is 10.6 Å². The maximum Gasteiger partial charge on any atom is 0.239 e. The quantitative estimate of drug-likeness (QED) is 0.450. The Morgan fingerprint density at radius 2 is 1.69 bits per heavy atom. The van der Waals surface area contributed by atoms with Gasteiger partial charge in [-0.1, -0.05) is 57.2 Å². The number of nitrogens with one attached hydrogen (secondary N) is 2. The first-order valence-corrected chi connectivity index (χ1v) is 13.2. The molecule has 35 heavy (non-hydrogen) atoms. The largest absolute Gasteiger partial charge is 0.360 e. The number of fused-ring (bicyclic) bond motifs is 1.